The molecule has 0 atom stereocenters. The van der Waals surface area contributed by atoms with Crippen molar-refractivity contribution in [1.82, 2.24) is 0 Å². The van der Waals surface area contributed by atoms with Crippen LogP contribution >= 0.6 is 0 Å². The summed E-state index contributed by atoms with van der Waals surface area (Å²) in [4.78, 5) is 12.1. The molecule has 0 saturated carbocycles. The van der Waals surface area contributed by atoms with Crippen LogP contribution in [-0.2, 0) is 4.79 Å². The summed E-state index contributed by atoms with van der Waals surface area (Å²) >= 11 is 0. The first-order valence-corrected chi connectivity index (χ1v) is 8.09. The molecule has 0 saturated heterocycles. The Morgan fingerprint density at radius 1 is 1.25 bits per heavy atom. The molecule has 24 heavy (non-hydrogen) atoms. The first kappa shape index (κ1) is 17.6. The maximum absolute atomic E-state index is 12.1. The van der Waals surface area contributed by atoms with Gasteiger partial charge in [-0.1, -0.05) is 25.1 Å². The van der Waals surface area contributed by atoms with E-state index < -0.39 is 0 Å². The highest BCUT2D eigenvalue weighted by molar-refractivity contribution is 6.02. The Kier molecular flexibility index (Phi) is 6.01. The van der Waals surface area contributed by atoms with Gasteiger partial charge in [-0.3, -0.25) is 4.79 Å². The Labute approximate surface area is 143 Å². The summed E-state index contributed by atoms with van der Waals surface area (Å²) in [6, 6.07) is 11.3. The summed E-state index contributed by atoms with van der Waals surface area (Å²) in [5, 5.41) is 2.89. The molecule has 0 spiro atoms. The van der Waals surface area contributed by atoms with Gasteiger partial charge in [-0.05, 0) is 61.2 Å². The summed E-state index contributed by atoms with van der Waals surface area (Å²) < 4.78 is 5.54. The van der Waals surface area contributed by atoms with Crippen molar-refractivity contribution in [3.8, 4) is 5.75 Å². The van der Waals surface area contributed by atoms with E-state index in [0.717, 1.165) is 28.8 Å². The number of nitrogens with one attached hydrogen (secondary N) is 1. The molecule has 0 aliphatic heterocycles. The van der Waals surface area contributed by atoms with Gasteiger partial charge in [0.2, 0.25) is 5.91 Å². The third-order valence-corrected chi connectivity index (χ3v) is 3.79. The SMILES string of the molecule is CCCOc1ccc(/C=C\C(=O)Nc2cccc(C)c2C)cc1N. The van der Waals surface area contributed by atoms with E-state index >= 15 is 0 Å². The lowest BCUT2D eigenvalue weighted by molar-refractivity contribution is -0.111. The number of aryl methyl sites for hydroxylation is 1. The highest BCUT2D eigenvalue weighted by Crippen LogP contribution is 2.23. The van der Waals surface area contributed by atoms with Crippen LogP contribution in [-0.4, -0.2) is 12.5 Å². The first-order valence-electron chi connectivity index (χ1n) is 8.09. The monoisotopic (exact) mass is 324 g/mol. The number of anilines is 2. The molecule has 4 nitrogen and oxygen atoms in total. The maximum atomic E-state index is 12.1. The summed E-state index contributed by atoms with van der Waals surface area (Å²) in [5.41, 5.74) is 10.4. The first-order chi connectivity index (χ1) is 11.5. The lowest BCUT2D eigenvalue weighted by Crippen LogP contribution is -2.09. The van der Waals surface area contributed by atoms with Crippen molar-refractivity contribution in [2.75, 3.05) is 17.7 Å². The van der Waals surface area contributed by atoms with E-state index in [2.05, 4.69) is 5.32 Å². The molecule has 0 aliphatic carbocycles. The molecule has 2 aromatic carbocycles. The molecule has 0 aliphatic rings. The van der Waals surface area contributed by atoms with Crippen LogP contribution in [0.15, 0.2) is 42.5 Å². The van der Waals surface area contributed by atoms with Gasteiger partial charge in [-0.2, -0.15) is 0 Å². The van der Waals surface area contributed by atoms with Gasteiger partial charge in [0.05, 0.1) is 12.3 Å². The Bertz CT molecular complexity index is 751. The second-order valence-corrected chi connectivity index (χ2v) is 5.72. The van der Waals surface area contributed by atoms with Crippen molar-refractivity contribution in [2.45, 2.75) is 27.2 Å². The highest BCUT2D eigenvalue weighted by Gasteiger charge is 2.04. The Hall–Kier alpha value is -2.75. The third-order valence-electron chi connectivity index (χ3n) is 3.79. The zero-order valence-corrected chi connectivity index (χ0v) is 14.4. The summed E-state index contributed by atoms with van der Waals surface area (Å²) in [6.07, 6.45) is 4.17. The minimum atomic E-state index is -0.173. The van der Waals surface area contributed by atoms with Crippen LogP contribution in [0.4, 0.5) is 11.4 Å². The standard InChI is InChI=1S/C20H24N2O2/c1-4-12-24-19-10-8-16(13-17(19)21)9-11-20(23)22-18-7-5-6-14(2)15(18)3/h5-11,13H,4,12,21H2,1-3H3,(H,22,23)/b11-9-. The van der Waals surface area contributed by atoms with Crippen molar-refractivity contribution >= 4 is 23.4 Å². The smallest absolute Gasteiger partial charge is 0.248 e. The fraction of sp³-hybridized carbons (Fsp3) is 0.250. The van der Waals surface area contributed by atoms with Crippen LogP contribution in [0.1, 0.15) is 30.0 Å². The number of amides is 1. The Balaban J connectivity index is 2.03. The van der Waals surface area contributed by atoms with E-state index in [1.807, 2.05) is 51.1 Å². The quantitative estimate of drug-likeness (QED) is 0.614. The van der Waals surface area contributed by atoms with Gasteiger partial charge in [0, 0.05) is 11.8 Å². The number of carbonyl (C=O) groups excluding carboxylic acids is 1. The fourth-order valence-electron chi connectivity index (χ4n) is 2.25. The average Bonchev–Trinajstić information content (AvgIpc) is 2.56. The number of benzene rings is 2. The number of ether oxygens (including phenoxy) is 1. The molecule has 2 rings (SSSR count). The van der Waals surface area contributed by atoms with Gasteiger partial charge in [-0.25, -0.2) is 0 Å². The molecule has 2 aromatic rings. The van der Waals surface area contributed by atoms with E-state index in [9.17, 15) is 4.79 Å². The predicted molar refractivity (Wildman–Crippen MR) is 100 cm³/mol. The molecule has 0 heterocycles. The van der Waals surface area contributed by atoms with Gasteiger partial charge in [0.15, 0.2) is 0 Å². The van der Waals surface area contributed by atoms with Gasteiger partial charge < -0.3 is 15.8 Å². The Morgan fingerprint density at radius 3 is 2.75 bits per heavy atom. The second kappa shape index (κ2) is 8.20. The van der Waals surface area contributed by atoms with E-state index in [1.165, 1.54) is 6.08 Å². The minimum Gasteiger partial charge on any atom is -0.491 e. The molecule has 0 aromatic heterocycles. The van der Waals surface area contributed by atoms with Crippen LogP contribution in [0.2, 0.25) is 0 Å². The molecule has 0 bridgehead atoms. The number of nitrogens with two attached hydrogens (primary N) is 1. The van der Waals surface area contributed by atoms with E-state index in [1.54, 1.807) is 12.1 Å². The predicted octanol–water partition coefficient (Wildman–Crippen LogP) is 4.33. The number of rotatable bonds is 6. The van der Waals surface area contributed by atoms with Crippen molar-refractivity contribution in [3.63, 3.8) is 0 Å². The molecule has 1 amide bonds. The molecular formula is C20H24N2O2. The number of nitrogen functional groups attached to an aromatic ring is 1. The number of hydrogen-bond donors (Lipinski definition) is 2. The van der Waals surface area contributed by atoms with Crippen LogP contribution in [0.25, 0.3) is 6.08 Å². The van der Waals surface area contributed by atoms with E-state index in [0.29, 0.717) is 18.0 Å². The highest BCUT2D eigenvalue weighted by atomic mass is 16.5. The van der Waals surface area contributed by atoms with Crippen molar-refractivity contribution < 1.29 is 9.53 Å². The molecule has 3 N–H and O–H groups in total. The second-order valence-electron chi connectivity index (χ2n) is 5.72. The average molecular weight is 324 g/mol. The van der Waals surface area contributed by atoms with Crippen LogP contribution in [0.3, 0.4) is 0 Å². The zero-order chi connectivity index (χ0) is 17.5. The van der Waals surface area contributed by atoms with Crippen molar-refractivity contribution in [2.24, 2.45) is 0 Å². The number of carbonyl (C=O) groups is 1. The molecule has 0 radical (unpaired) electrons. The van der Waals surface area contributed by atoms with Crippen LogP contribution in [0.5, 0.6) is 5.75 Å². The van der Waals surface area contributed by atoms with Crippen molar-refractivity contribution in [3.05, 3.63) is 59.2 Å². The molecule has 0 unspecified atom stereocenters. The summed E-state index contributed by atoms with van der Waals surface area (Å²) in [5.74, 6) is 0.502. The topological polar surface area (TPSA) is 64.3 Å². The lowest BCUT2D eigenvalue weighted by Gasteiger charge is -2.09. The summed E-state index contributed by atoms with van der Waals surface area (Å²) in [6.45, 7) is 6.69. The lowest BCUT2D eigenvalue weighted by atomic mass is 10.1. The van der Waals surface area contributed by atoms with Crippen molar-refractivity contribution in [1.29, 1.82) is 0 Å². The van der Waals surface area contributed by atoms with E-state index in [4.69, 9.17) is 10.5 Å². The molecule has 126 valence electrons. The minimum absolute atomic E-state index is 0.173. The molecule has 4 heteroatoms. The maximum Gasteiger partial charge on any atom is 0.248 e. The fourth-order valence-corrected chi connectivity index (χ4v) is 2.25. The van der Waals surface area contributed by atoms with E-state index in [-0.39, 0.29) is 5.91 Å². The molecular weight excluding hydrogens is 300 g/mol. The van der Waals surface area contributed by atoms with Crippen LogP contribution in [0, 0.1) is 13.8 Å². The zero-order valence-electron chi connectivity index (χ0n) is 14.4. The summed E-state index contributed by atoms with van der Waals surface area (Å²) in [7, 11) is 0. The molecule has 0 fully saturated rings. The van der Waals surface area contributed by atoms with Gasteiger partial charge in [0.25, 0.3) is 0 Å². The van der Waals surface area contributed by atoms with Gasteiger partial charge in [0.1, 0.15) is 5.75 Å². The largest absolute Gasteiger partial charge is 0.491 e. The van der Waals surface area contributed by atoms with Crippen LogP contribution < -0.4 is 15.8 Å². The normalized spacial score (nSPS) is 10.8. The third kappa shape index (κ3) is 4.62. The van der Waals surface area contributed by atoms with Gasteiger partial charge in [-0.15, -0.1) is 0 Å². The number of hydrogen-bond acceptors (Lipinski definition) is 3. The Morgan fingerprint density at radius 2 is 2.04 bits per heavy atom. The van der Waals surface area contributed by atoms with Gasteiger partial charge >= 0.3 is 0 Å².